The predicted octanol–water partition coefficient (Wildman–Crippen LogP) is 1.58. The Balaban J connectivity index is 2.22. The molecule has 1 aromatic rings. The van der Waals surface area contributed by atoms with Crippen LogP contribution in [0.5, 0.6) is 0 Å². The largest absolute Gasteiger partial charge is 0.392 e. The molecule has 0 fully saturated rings. The van der Waals surface area contributed by atoms with Gasteiger partial charge in [-0.25, -0.2) is 0 Å². The van der Waals surface area contributed by atoms with E-state index in [-0.39, 0.29) is 6.10 Å². The molecule has 1 aromatic heterocycles. The molecule has 15 heavy (non-hydrogen) atoms. The summed E-state index contributed by atoms with van der Waals surface area (Å²) in [7, 11) is 0. The lowest BCUT2D eigenvalue weighted by molar-refractivity contribution is 0.113. The number of aliphatic hydroxyl groups is 1. The molecule has 0 aliphatic heterocycles. The van der Waals surface area contributed by atoms with Gasteiger partial charge in [0.2, 0.25) is 0 Å². The van der Waals surface area contributed by atoms with Gasteiger partial charge in [-0.3, -0.25) is 4.98 Å². The van der Waals surface area contributed by atoms with Crippen LogP contribution in [0.3, 0.4) is 0 Å². The fraction of sp³-hybridized carbons (Fsp3) is 0.583. The molecule has 0 amide bonds. The second-order valence-electron chi connectivity index (χ2n) is 3.94. The Hall–Kier alpha value is -0.930. The van der Waals surface area contributed by atoms with E-state index < -0.39 is 0 Å². The summed E-state index contributed by atoms with van der Waals surface area (Å²) in [5, 5.41) is 13.0. The highest BCUT2D eigenvalue weighted by Gasteiger charge is 2.10. The standard InChI is InChI=1S/C12H20N2O/c1-3-10(2)12(15)9-14-8-11-4-6-13-7-5-11/h4-7,10,12,14-15H,3,8-9H2,1-2H3. The molecule has 3 heteroatoms. The molecule has 3 nitrogen and oxygen atoms in total. The number of aliphatic hydroxyl groups excluding tert-OH is 1. The van der Waals surface area contributed by atoms with Gasteiger partial charge in [-0.2, -0.15) is 0 Å². The van der Waals surface area contributed by atoms with Gasteiger partial charge in [-0.05, 0) is 23.6 Å². The molecule has 0 saturated carbocycles. The van der Waals surface area contributed by atoms with Crippen molar-refractivity contribution < 1.29 is 5.11 Å². The van der Waals surface area contributed by atoms with Gasteiger partial charge in [0.25, 0.3) is 0 Å². The number of nitrogens with zero attached hydrogens (tertiary/aromatic N) is 1. The fourth-order valence-electron chi connectivity index (χ4n) is 1.34. The molecule has 0 aliphatic rings. The number of pyridine rings is 1. The van der Waals surface area contributed by atoms with Crippen LogP contribution in [0, 0.1) is 5.92 Å². The van der Waals surface area contributed by atoms with E-state index in [0.717, 1.165) is 13.0 Å². The Kier molecular flexibility index (Phi) is 5.29. The molecule has 0 aliphatic carbocycles. The molecule has 0 spiro atoms. The van der Waals surface area contributed by atoms with Crippen LogP contribution in [0.4, 0.5) is 0 Å². The maximum atomic E-state index is 9.72. The number of nitrogens with one attached hydrogen (secondary N) is 1. The van der Waals surface area contributed by atoms with E-state index in [9.17, 15) is 5.11 Å². The summed E-state index contributed by atoms with van der Waals surface area (Å²) in [6, 6.07) is 3.95. The maximum Gasteiger partial charge on any atom is 0.0690 e. The molecular formula is C12H20N2O. The van der Waals surface area contributed by atoms with Crippen LogP contribution in [-0.2, 0) is 6.54 Å². The minimum Gasteiger partial charge on any atom is -0.392 e. The first kappa shape index (κ1) is 12.1. The summed E-state index contributed by atoms with van der Waals surface area (Å²) < 4.78 is 0. The van der Waals surface area contributed by atoms with E-state index in [2.05, 4.69) is 24.1 Å². The summed E-state index contributed by atoms with van der Waals surface area (Å²) in [6.07, 6.45) is 4.32. The summed E-state index contributed by atoms with van der Waals surface area (Å²) >= 11 is 0. The van der Waals surface area contributed by atoms with Crippen LogP contribution >= 0.6 is 0 Å². The van der Waals surface area contributed by atoms with Crippen molar-refractivity contribution in [2.45, 2.75) is 32.9 Å². The average molecular weight is 208 g/mol. The lowest BCUT2D eigenvalue weighted by Crippen LogP contribution is -2.31. The lowest BCUT2D eigenvalue weighted by atomic mass is 10.0. The van der Waals surface area contributed by atoms with Crippen molar-refractivity contribution in [3.8, 4) is 0 Å². The van der Waals surface area contributed by atoms with Gasteiger partial charge in [0.1, 0.15) is 0 Å². The van der Waals surface area contributed by atoms with Gasteiger partial charge in [-0.15, -0.1) is 0 Å². The summed E-state index contributed by atoms with van der Waals surface area (Å²) in [5.41, 5.74) is 1.20. The second kappa shape index (κ2) is 6.53. The van der Waals surface area contributed by atoms with Crippen LogP contribution in [0.2, 0.25) is 0 Å². The van der Waals surface area contributed by atoms with Gasteiger partial charge in [0.05, 0.1) is 6.10 Å². The number of hydrogen-bond donors (Lipinski definition) is 2. The zero-order chi connectivity index (χ0) is 11.1. The molecule has 2 atom stereocenters. The fourth-order valence-corrected chi connectivity index (χ4v) is 1.34. The molecule has 1 rings (SSSR count). The molecule has 84 valence electrons. The highest BCUT2D eigenvalue weighted by Crippen LogP contribution is 2.06. The van der Waals surface area contributed by atoms with E-state index in [1.165, 1.54) is 5.56 Å². The Morgan fingerprint density at radius 1 is 1.40 bits per heavy atom. The van der Waals surface area contributed by atoms with Crippen LogP contribution in [0.1, 0.15) is 25.8 Å². The molecule has 1 heterocycles. The third kappa shape index (κ3) is 4.40. The molecule has 2 N–H and O–H groups in total. The first-order valence-corrected chi connectivity index (χ1v) is 5.51. The average Bonchev–Trinajstić information content (AvgIpc) is 2.29. The summed E-state index contributed by atoms with van der Waals surface area (Å²) in [6.45, 7) is 5.60. The molecule has 0 radical (unpaired) electrons. The Labute approximate surface area is 91.5 Å². The van der Waals surface area contributed by atoms with Crippen molar-refractivity contribution in [2.24, 2.45) is 5.92 Å². The number of hydrogen-bond acceptors (Lipinski definition) is 3. The van der Waals surface area contributed by atoms with Gasteiger partial charge < -0.3 is 10.4 Å². The predicted molar refractivity (Wildman–Crippen MR) is 61.4 cm³/mol. The van der Waals surface area contributed by atoms with E-state index in [4.69, 9.17) is 0 Å². The second-order valence-corrected chi connectivity index (χ2v) is 3.94. The van der Waals surface area contributed by atoms with Crippen molar-refractivity contribution in [3.05, 3.63) is 30.1 Å². The Morgan fingerprint density at radius 2 is 2.07 bits per heavy atom. The third-order valence-electron chi connectivity index (χ3n) is 2.73. The van der Waals surface area contributed by atoms with E-state index >= 15 is 0 Å². The van der Waals surface area contributed by atoms with Crippen molar-refractivity contribution in [2.75, 3.05) is 6.54 Å². The molecule has 0 aromatic carbocycles. The minimum absolute atomic E-state index is 0.253. The van der Waals surface area contributed by atoms with Crippen LogP contribution in [0.15, 0.2) is 24.5 Å². The summed E-state index contributed by atoms with van der Waals surface area (Å²) in [5.74, 6) is 0.356. The van der Waals surface area contributed by atoms with Gasteiger partial charge in [0, 0.05) is 25.5 Å². The monoisotopic (exact) mass is 208 g/mol. The zero-order valence-electron chi connectivity index (χ0n) is 9.48. The zero-order valence-corrected chi connectivity index (χ0v) is 9.48. The number of rotatable bonds is 6. The van der Waals surface area contributed by atoms with Gasteiger partial charge >= 0.3 is 0 Å². The van der Waals surface area contributed by atoms with Crippen molar-refractivity contribution in [1.82, 2.24) is 10.3 Å². The van der Waals surface area contributed by atoms with Crippen LogP contribution in [-0.4, -0.2) is 22.7 Å². The molecule has 0 saturated heterocycles. The highest BCUT2D eigenvalue weighted by atomic mass is 16.3. The molecule has 2 unspecified atom stereocenters. The van der Waals surface area contributed by atoms with E-state index in [1.807, 2.05) is 12.1 Å². The SMILES string of the molecule is CCC(C)C(O)CNCc1ccncc1. The Bertz CT molecular complexity index is 264. The van der Waals surface area contributed by atoms with Crippen molar-refractivity contribution in [1.29, 1.82) is 0 Å². The minimum atomic E-state index is -0.253. The smallest absolute Gasteiger partial charge is 0.0690 e. The van der Waals surface area contributed by atoms with E-state index in [1.54, 1.807) is 12.4 Å². The number of aromatic nitrogens is 1. The topological polar surface area (TPSA) is 45.1 Å². The Morgan fingerprint density at radius 3 is 2.67 bits per heavy atom. The quantitative estimate of drug-likeness (QED) is 0.746. The van der Waals surface area contributed by atoms with Crippen LogP contribution in [0.25, 0.3) is 0 Å². The van der Waals surface area contributed by atoms with Crippen LogP contribution < -0.4 is 5.32 Å². The first-order valence-electron chi connectivity index (χ1n) is 5.51. The van der Waals surface area contributed by atoms with Gasteiger partial charge in [-0.1, -0.05) is 20.3 Å². The molecular weight excluding hydrogens is 188 g/mol. The highest BCUT2D eigenvalue weighted by molar-refractivity contribution is 5.08. The normalized spacial score (nSPS) is 14.9. The lowest BCUT2D eigenvalue weighted by Gasteiger charge is -2.17. The molecule has 0 bridgehead atoms. The van der Waals surface area contributed by atoms with Crippen molar-refractivity contribution >= 4 is 0 Å². The van der Waals surface area contributed by atoms with Gasteiger partial charge in [0.15, 0.2) is 0 Å². The maximum absolute atomic E-state index is 9.72. The van der Waals surface area contributed by atoms with E-state index in [0.29, 0.717) is 12.5 Å². The van der Waals surface area contributed by atoms with Crippen molar-refractivity contribution in [3.63, 3.8) is 0 Å². The first-order chi connectivity index (χ1) is 7.24. The third-order valence-corrected chi connectivity index (χ3v) is 2.73. The summed E-state index contributed by atoms with van der Waals surface area (Å²) in [4.78, 5) is 3.95.